The Morgan fingerprint density at radius 2 is 1.37 bits per heavy atom. The van der Waals surface area contributed by atoms with E-state index >= 15 is 0 Å². The molecule has 4 rings (SSSR count). The zero-order chi connectivity index (χ0) is 12.7. The van der Waals surface area contributed by atoms with Gasteiger partial charge < -0.3 is 0 Å². The van der Waals surface area contributed by atoms with E-state index in [4.69, 9.17) is 0 Å². The summed E-state index contributed by atoms with van der Waals surface area (Å²) in [4.78, 5) is 2.48. The maximum atomic E-state index is 2.48. The number of fused-ring (bicyclic) bond motifs is 2. The molecule has 0 N–H and O–H groups in total. The molecular formula is C16H11NSeTe. The van der Waals surface area contributed by atoms with Crippen molar-refractivity contribution in [2.24, 2.45) is 0 Å². The van der Waals surface area contributed by atoms with Crippen molar-refractivity contribution in [3.05, 3.63) is 64.7 Å². The number of benzene rings is 2. The van der Waals surface area contributed by atoms with Crippen molar-refractivity contribution in [1.82, 2.24) is 0 Å². The van der Waals surface area contributed by atoms with Crippen LogP contribution in [0.15, 0.2) is 64.7 Å². The molecule has 0 saturated heterocycles. The zero-order valence-electron chi connectivity index (χ0n) is 10.1. The van der Waals surface area contributed by atoms with Crippen molar-refractivity contribution in [2.75, 3.05) is 4.90 Å². The minimum absolute atomic E-state index is 0.171. The molecule has 0 atom stereocenters. The van der Waals surface area contributed by atoms with Crippen molar-refractivity contribution in [1.29, 1.82) is 0 Å². The Morgan fingerprint density at radius 3 is 1.95 bits per heavy atom. The summed E-state index contributed by atoms with van der Waals surface area (Å²) in [5, 5.41) is 0. The van der Waals surface area contributed by atoms with E-state index in [2.05, 4.69) is 69.6 Å². The number of para-hydroxylation sites is 2. The third-order valence-corrected chi connectivity index (χ3v) is 7.97. The first-order chi connectivity index (χ1) is 9.43. The number of nitrogens with zero attached hydrogens (tertiary/aromatic N) is 1. The summed E-state index contributed by atoms with van der Waals surface area (Å²) in [5.41, 5.74) is 2.78. The van der Waals surface area contributed by atoms with Gasteiger partial charge in [-0.05, 0) is 0 Å². The fourth-order valence-corrected chi connectivity index (χ4v) is 6.72. The molecule has 0 radical (unpaired) electrons. The molecule has 2 heterocycles. The van der Waals surface area contributed by atoms with E-state index in [1.807, 2.05) is 0 Å². The average Bonchev–Trinajstić information content (AvgIpc) is 2.98. The third kappa shape index (κ3) is 1.98. The number of hydrogen-bond acceptors (Lipinski definition) is 1. The van der Waals surface area contributed by atoms with E-state index in [9.17, 15) is 0 Å². The van der Waals surface area contributed by atoms with Crippen LogP contribution >= 0.6 is 0 Å². The second-order valence-electron chi connectivity index (χ2n) is 4.32. The first kappa shape index (κ1) is 11.8. The molecule has 1 aromatic heterocycles. The van der Waals surface area contributed by atoms with E-state index in [1.54, 1.807) is 0 Å². The van der Waals surface area contributed by atoms with Crippen LogP contribution in [-0.2, 0) is 0 Å². The summed E-state index contributed by atoms with van der Waals surface area (Å²) >= 11 is 0.256. The molecule has 0 bridgehead atoms. The Kier molecular flexibility index (Phi) is 3.02. The van der Waals surface area contributed by atoms with Crippen molar-refractivity contribution < 1.29 is 0 Å². The summed E-state index contributed by atoms with van der Waals surface area (Å²) in [7, 11) is 0. The van der Waals surface area contributed by atoms with Crippen LogP contribution < -0.4 is 13.8 Å². The summed E-state index contributed by atoms with van der Waals surface area (Å²) in [6, 6.07) is 22.2. The monoisotopic (exact) mass is 427 g/mol. The van der Waals surface area contributed by atoms with E-state index in [1.165, 1.54) is 24.0 Å². The molecule has 0 fully saturated rings. The first-order valence-electron chi connectivity index (χ1n) is 6.13. The Bertz CT molecular complexity index is 676. The van der Waals surface area contributed by atoms with Gasteiger partial charge in [0.25, 0.3) is 0 Å². The topological polar surface area (TPSA) is 3.24 Å². The van der Waals surface area contributed by atoms with Gasteiger partial charge >= 0.3 is 129 Å². The molecule has 0 saturated carbocycles. The van der Waals surface area contributed by atoms with E-state index in [0.717, 1.165) is 0 Å². The predicted molar refractivity (Wildman–Crippen MR) is 83.1 cm³/mol. The number of anilines is 3. The minimum atomic E-state index is -0.171. The fourth-order valence-electron chi connectivity index (χ4n) is 2.34. The Hall–Kier alpha value is -0.971. The van der Waals surface area contributed by atoms with Gasteiger partial charge in [-0.3, -0.25) is 0 Å². The van der Waals surface area contributed by atoms with Crippen molar-refractivity contribution >= 4 is 59.4 Å². The molecule has 3 aromatic rings. The van der Waals surface area contributed by atoms with Gasteiger partial charge in [-0.2, -0.15) is 0 Å². The van der Waals surface area contributed by atoms with Crippen molar-refractivity contribution in [3.8, 4) is 0 Å². The van der Waals surface area contributed by atoms with Gasteiger partial charge in [0.05, 0.1) is 0 Å². The van der Waals surface area contributed by atoms with Gasteiger partial charge in [0.1, 0.15) is 0 Å². The normalized spacial score (nSPS) is 12.9. The molecule has 3 heteroatoms. The van der Waals surface area contributed by atoms with Gasteiger partial charge in [0.2, 0.25) is 0 Å². The zero-order valence-corrected chi connectivity index (χ0v) is 14.2. The van der Waals surface area contributed by atoms with Crippen LogP contribution in [0.5, 0.6) is 0 Å². The maximum absolute atomic E-state index is 2.48. The van der Waals surface area contributed by atoms with Crippen LogP contribution in [0.1, 0.15) is 0 Å². The first-order valence-corrected chi connectivity index (χ1v) is 10.4. The quantitative estimate of drug-likeness (QED) is 0.424. The van der Waals surface area contributed by atoms with E-state index in [0.29, 0.717) is 15.0 Å². The molecule has 1 nitrogen and oxygen atoms in total. The molecule has 0 spiro atoms. The van der Waals surface area contributed by atoms with Crippen LogP contribution in [0.3, 0.4) is 0 Å². The van der Waals surface area contributed by atoms with Gasteiger partial charge in [-0.25, -0.2) is 0 Å². The van der Waals surface area contributed by atoms with Gasteiger partial charge in [-0.1, -0.05) is 0 Å². The van der Waals surface area contributed by atoms with E-state index < -0.39 is 0 Å². The molecule has 1 aliphatic rings. The predicted octanol–water partition coefficient (Wildman–Crippen LogP) is 2.18. The Labute approximate surface area is 128 Å². The van der Waals surface area contributed by atoms with Crippen LogP contribution in [0.4, 0.5) is 15.1 Å². The number of rotatable bonds is 1. The fraction of sp³-hybridized carbons (Fsp3) is 0. The SMILES string of the molecule is c1c[te]c(N2c3ccccc3[Se]c3ccccc32)c1. The summed E-state index contributed by atoms with van der Waals surface area (Å²) in [6.07, 6.45) is 0. The summed E-state index contributed by atoms with van der Waals surface area (Å²) in [5.74, 6) is 0. The molecule has 0 aliphatic carbocycles. The molecule has 1 aliphatic heterocycles. The van der Waals surface area contributed by atoms with Gasteiger partial charge in [-0.15, -0.1) is 0 Å². The molecule has 0 unspecified atom stereocenters. The Balaban J connectivity index is 1.98. The van der Waals surface area contributed by atoms with Crippen LogP contribution in [-0.4, -0.2) is 35.4 Å². The number of hydrogen-bond donors (Lipinski definition) is 0. The van der Waals surface area contributed by atoms with Crippen molar-refractivity contribution in [3.63, 3.8) is 0 Å². The molecular weight excluding hydrogens is 413 g/mol. The van der Waals surface area contributed by atoms with Crippen LogP contribution in [0, 0.1) is 0 Å². The Morgan fingerprint density at radius 1 is 0.737 bits per heavy atom. The van der Waals surface area contributed by atoms with Gasteiger partial charge in [0, 0.05) is 0 Å². The second kappa shape index (κ2) is 4.85. The third-order valence-electron chi connectivity index (χ3n) is 3.16. The average molecular weight is 424 g/mol. The van der Waals surface area contributed by atoms with Crippen LogP contribution in [0.25, 0.3) is 0 Å². The van der Waals surface area contributed by atoms with Crippen LogP contribution in [0.2, 0.25) is 0 Å². The molecule has 92 valence electrons. The second-order valence-corrected chi connectivity index (χ2v) is 9.24. The molecule has 0 amide bonds. The summed E-state index contributed by atoms with van der Waals surface area (Å²) in [6.45, 7) is 0. The molecule has 19 heavy (non-hydrogen) atoms. The standard InChI is InChI=1S/C16H11NSeTe/c1-3-8-14-12(6-1)17(16-10-5-11-19-16)13-7-2-4-9-15(13)18-14/h1-11H. The van der Waals surface area contributed by atoms with Gasteiger partial charge in [0.15, 0.2) is 0 Å². The van der Waals surface area contributed by atoms with E-state index in [-0.39, 0.29) is 20.4 Å². The molecule has 2 aromatic carbocycles. The summed E-state index contributed by atoms with van der Waals surface area (Å²) < 4.78 is 6.84. The van der Waals surface area contributed by atoms with Crippen molar-refractivity contribution in [2.45, 2.75) is 0 Å².